The van der Waals surface area contributed by atoms with E-state index in [1.165, 1.54) is 0 Å². The zero-order valence-electron chi connectivity index (χ0n) is 11.4. The number of fused-ring (bicyclic) bond motifs is 1. The summed E-state index contributed by atoms with van der Waals surface area (Å²) in [5.41, 5.74) is 9.72. The number of benzene rings is 1. The molecule has 0 fully saturated rings. The molecule has 0 saturated carbocycles. The third-order valence-corrected chi connectivity index (χ3v) is 3.24. The Hall–Kier alpha value is -2.33. The summed E-state index contributed by atoms with van der Waals surface area (Å²) in [6, 6.07) is 12.0. The smallest absolute Gasteiger partial charge is 0.141 e. The Bertz CT molecular complexity index is 716. The van der Waals surface area contributed by atoms with E-state index in [0.29, 0.717) is 13.2 Å². The molecule has 0 atom stereocenters. The maximum Gasteiger partial charge on any atom is 0.141 e. The molecule has 0 saturated heterocycles. The van der Waals surface area contributed by atoms with Crippen molar-refractivity contribution in [1.29, 1.82) is 0 Å². The number of aromatic nitrogens is 2. The molecule has 2 N–H and O–H groups in total. The lowest BCUT2D eigenvalue weighted by atomic mass is 10.2. The number of nitrogens with zero attached hydrogens (tertiary/aromatic N) is 2. The Balaban J connectivity index is 2.01. The molecule has 0 aliphatic carbocycles. The quantitative estimate of drug-likeness (QED) is 0.790. The monoisotopic (exact) mass is 267 g/mol. The van der Waals surface area contributed by atoms with Gasteiger partial charge < -0.3 is 14.9 Å². The second kappa shape index (κ2) is 5.35. The van der Waals surface area contributed by atoms with Gasteiger partial charge in [0.1, 0.15) is 11.4 Å². The Morgan fingerprint density at radius 1 is 1.20 bits per heavy atom. The molecule has 102 valence electrons. The highest BCUT2D eigenvalue weighted by atomic mass is 16.5. The van der Waals surface area contributed by atoms with Gasteiger partial charge in [0.2, 0.25) is 0 Å². The summed E-state index contributed by atoms with van der Waals surface area (Å²) in [6.07, 6.45) is 4.00. The van der Waals surface area contributed by atoms with Gasteiger partial charge in [-0.2, -0.15) is 0 Å². The molecule has 2 aromatic heterocycles. The molecule has 1 aromatic carbocycles. The number of hydrogen-bond acceptors (Lipinski definition) is 3. The average Bonchev–Trinajstić information content (AvgIpc) is 2.92. The number of ether oxygens (including phenoxy) is 1. The van der Waals surface area contributed by atoms with Crippen LogP contribution < -0.4 is 10.5 Å². The van der Waals surface area contributed by atoms with Crippen LogP contribution in [-0.4, -0.2) is 16.0 Å². The minimum Gasteiger partial charge on any atom is -0.494 e. The lowest BCUT2D eigenvalue weighted by Crippen LogP contribution is -1.99. The van der Waals surface area contributed by atoms with E-state index in [9.17, 15) is 0 Å². The molecule has 2 heterocycles. The summed E-state index contributed by atoms with van der Waals surface area (Å²) in [5.74, 6) is 0.877. The fraction of sp³-hybridized carbons (Fsp3) is 0.188. The highest BCUT2D eigenvalue weighted by Crippen LogP contribution is 2.23. The van der Waals surface area contributed by atoms with E-state index in [4.69, 9.17) is 10.5 Å². The molecule has 0 bridgehead atoms. The van der Waals surface area contributed by atoms with Gasteiger partial charge in [-0.05, 0) is 37.3 Å². The van der Waals surface area contributed by atoms with Crippen LogP contribution in [0.5, 0.6) is 5.75 Å². The number of nitrogens with two attached hydrogens (primary N) is 1. The van der Waals surface area contributed by atoms with Crippen molar-refractivity contribution in [3.05, 3.63) is 54.4 Å². The van der Waals surface area contributed by atoms with E-state index < -0.39 is 0 Å². The molecule has 0 radical (unpaired) electrons. The van der Waals surface area contributed by atoms with Crippen molar-refractivity contribution in [3.63, 3.8) is 0 Å². The number of rotatable bonds is 4. The van der Waals surface area contributed by atoms with Gasteiger partial charge in [-0.25, -0.2) is 4.98 Å². The first-order chi connectivity index (χ1) is 9.81. The summed E-state index contributed by atoms with van der Waals surface area (Å²) >= 11 is 0. The second-order valence-corrected chi connectivity index (χ2v) is 4.55. The summed E-state index contributed by atoms with van der Waals surface area (Å²) in [4.78, 5) is 4.67. The van der Waals surface area contributed by atoms with Gasteiger partial charge in [0, 0.05) is 30.1 Å². The molecule has 0 aliphatic heterocycles. The predicted octanol–water partition coefficient (Wildman–Crippen LogP) is 2.86. The lowest BCUT2D eigenvalue weighted by molar-refractivity contribution is 0.340. The molecule has 20 heavy (non-hydrogen) atoms. The van der Waals surface area contributed by atoms with Gasteiger partial charge in [0.25, 0.3) is 0 Å². The zero-order valence-corrected chi connectivity index (χ0v) is 11.4. The fourth-order valence-electron chi connectivity index (χ4n) is 2.26. The van der Waals surface area contributed by atoms with Crippen LogP contribution in [0.25, 0.3) is 16.9 Å². The van der Waals surface area contributed by atoms with Crippen LogP contribution >= 0.6 is 0 Å². The predicted molar refractivity (Wildman–Crippen MR) is 79.7 cm³/mol. The standard InChI is InChI=1S/C16H17N3O/c1-2-20-14-7-5-12(6-8-14)15-11-19-9-3-4-13(10-17)16(19)18-15/h3-9,11H,2,10,17H2,1H3. The van der Waals surface area contributed by atoms with Crippen molar-refractivity contribution < 1.29 is 4.74 Å². The molecule has 3 aromatic rings. The molecule has 0 aliphatic rings. The molecule has 4 nitrogen and oxygen atoms in total. The van der Waals surface area contributed by atoms with Gasteiger partial charge >= 0.3 is 0 Å². The SMILES string of the molecule is CCOc1ccc(-c2cn3cccc(CN)c3n2)cc1. The summed E-state index contributed by atoms with van der Waals surface area (Å²) in [7, 11) is 0. The highest BCUT2D eigenvalue weighted by Gasteiger charge is 2.07. The van der Waals surface area contributed by atoms with Gasteiger partial charge in [0.05, 0.1) is 12.3 Å². The Kier molecular flexibility index (Phi) is 3.39. The summed E-state index contributed by atoms with van der Waals surface area (Å²) < 4.78 is 7.46. The van der Waals surface area contributed by atoms with Crippen molar-refractivity contribution in [2.75, 3.05) is 6.61 Å². The third-order valence-electron chi connectivity index (χ3n) is 3.24. The second-order valence-electron chi connectivity index (χ2n) is 4.55. The zero-order chi connectivity index (χ0) is 13.9. The van der Waals surface area contributed by atoms with Crippen LogP contribution in [0.15, 0.2) is 48.8 Å². The van der Waals surface area contributed by atoms with Crippen molar-refractivity contribution in [2.24, 2.45) is 5.73 Å². The Morgan fingerprint density at radius 3 is 2.70 bits per heavy atom. The van der Waals surface area contributed by atoms with Crippen LogP contribution in [-0.2, 0) is 6.54 Å². The van der Waals surface area contributed by atoms with E-state index in [2.05, 4.69) is 4.98 Å². The molecule has 3 rings (SSSR count). The van der Waals surface area contributed by atoms with E-state index in [0.717, 1.165) is 28.2 Å². The van der Waals surface area contributed by atoms with E-state index in [1.54, 1.807) is 0 Å². The van der Waals surface area contributed by atoms with Crippen LogP contribution in [0.3, 0.4) is 0 Å². The van der Waals surface area contributed by atoms with Crippen LogP contribution in [0.2, 0.25) is 0 Å². The normalized spacial score (nSPS) is 10.9. The fourth-order valence-corrected chi connectivity index (χ4v) is 2.26. The third kappa shape index (κ3) is 2.26. The van der Waals surface area contributed by atoms with Gasteiger partial charge in [-0.1, -0.05) is 6.07 Å². The number of hydrogen-bond donors (Lipinski definition) is 1. The summed E-state index contributed by atoms with van der Waals surface area (Å²) in [5, 5.41) is 0. The molecular formula is C16H17N3O. The number of pyridine rings is 1. The maximum absolute atomic E-state index is 5.75. The lowest BCUT2D eigenvalue weighted by Gasteiger charge is -2.02. The Morgan fingerprint density at radius 2 is 2.00 bits per heavy atom. The highest BCUT2D eigenvalue weighted by molar-refractivity contribution is 5.64. The van der Waals surface area contributed by atoms with Crippen LogP contribution in [0.4, 0.5) is 0 Å². The number of imidazole rings is 1. The molecule has 4 heteroatoms. The van der Waals surface area contributed by atoms with Gasteiger partial charge in [-0.15, -0.1) is 0 Å². The first-order valence-electron chi connectivity index (χ1n) is 6.71. The molecule has 0 unspecified atom stereocenters. The van der Waals surface area contributed by atoms with Crippen molar-refractivity contribution in [2.45, 2.75) is 13.5 Å². The molecule has 0 spiro atoms. The van der Waals surface area contributed by atoms with Crippen LogP contribution in [0, 0.1) is 0 Å². The Labute approximate surface area is 117 Å². The van der Waals surface area contributed by atoms with E-state index in [-0.39, 0.29) is 0 Å². The van der Waals surface area contributed by atoms with E-state index >= 15 is 0 Å². The average molecular weight is 267 g/mol. The topological polar surface area (TPSA) is 52.5 Å². The summed E-state index contributed by atoms with van der Waals surface area (Å²) in [6.45, 7) is 3.14. The minimum atomic E-state index is 0.490. The molecule has 0 amide bonds. The van der Waals surface area contributed by atoms with Gasteiger partial charge in [0.15, 0.2) is 0 Å². The van der Waals surface area contributed by atoms with Crippen molar-refractivity contribution in [1.82, 2.24) is 9.38 Å². The van der Waals surface area contributed by atoms with Gasteiger partial charge in [-0.3, -0.25) is 0 Å². The first kappa shape index (κ1) is 12.7. The van der Waals surface area contributed by atoms with E-state index in [1.807, 2.05) is 60.1 Å². The first-order valence-corrected chi connectivity index (χ1v) is 6.71. The maximum atomic E-state index is 5.75. The largest absolute Gasteiger partial charge is 0.494 e. The van der Waals surface area contributed by atoms with Crippen LogP contribution in [0.1, 0.15) is 12.5 Å². The molecular weight excluding hydrogens is 250 g/mol. The van der Waals surface area contributed by atoms with Crippen molar-refractivity contribution >= 4 is 5.65 Å². The minimum absolute atomic E-state index is 0.490. The van der Waals surface area contributed by atoms with Crippen molar-refractivity contribution in [3.8, 4) is 17.0 Å².